The first-order chi connectivity index (χ1) is 8.29. The predicted octanol–water partition coefficient (Wildman–Crippen LogP) is 1.92. The topological polar surface area (TPSA) is 44.5 Å². The highest BCUT2D eigenvalue weighted by Crippen LogP contribution is 2.26. The first-order valence-corrected chi connectivity index (χ1v) is 6.37. The number of nitrogens with two attached hydrogens (primary N) is 1. The summed E-state index contributed by atoms with van der Waals surface area (Å²) in [5.41, 5.74) is 8.65. The van der Waals surface area contributed by atoms with Gasteiger partial charge in [-0.1, -0.05) is 12.1 Å². The number of hydrogen-bond donors (Lipinski definition) is 1. The molecule has 3 heteroatoms. The van der Waals surface area contributed by atoms with E-state index in [-0.39, 0.29) is 6.04 Å². The molecule has 1 aromatic carbocycles. The predicted molar refractivity (Wildman–Crippen MR) is 68.4 cm³/mol. The highest BCUT2D eigenvalue weighted by atomic mass is 16.5. The third kappa shape index (κ3) is 3.45. The Bertz CT molecular complexity index is 365. The van der Waals surface area contributed by atoms with Crippen LogP contribution in [0.2, 0.25) is 0 Å². The lowest BCUT2D eigenvalue weighted by Gasteiger charge is -2.11. The summed E-state index contributed by atoms with van der Waals surface area (Å²) in [4.78, 5) is 0. The minimum atomic E-state index is 0.138. The molecule has 1 atom stereocenters. The van der Waals surface area contributed by atoms with Crippen LogP contribution in [0.15, 0.2) is 18.2 Å². The van der Waals surface area contributed by atoms with E-state index < -0.39 is 0 Å². The molecule has 0 saturated heterocycles. The quantitative estimate of drug-likeness (QED) is 0.819. The molecule has 2 rings (SSSR count). The Balaban J connectivity index is 1.83. The van der Waals surface area contributed by atoms with Crippen molar-refractivity contribution in [1.82, 2.24) is 0 Å². The van der Waals surface area contributed by atoms with Gasteiger partial charge in [-0.25, -0.2) is 0 Å². The molecule has 1 heterocycles. The molecule has 1 aliphatic rings. The van der Waals surface area contributed by atoms with E-state index in [1.54, 1.807) is 0 Å². The molecule has 0 aliphatic carbocycles. The van der Waals surface area contributed by atoms with Crippen molar-refractivity contribution in [2.75, 3.05) is 19.8 Å². The molecule has 0 spiro atoms. The van der Waals surface area contributed by atoms with Crippen molar-refractivity contribution in [3.63, 3.8) is 0 Å². The minimum absolute atomic E-state index is 0.138. The summed E-state index contributed by atoms with van der Waals surface area (Å²) in [5, 5.41) is 0. The molecule has 3 nitrogen and oxygen atoms in total. The lowest BCUT2D eigenvalue weighted by atomic mass is 10.0. The molecule has 1 aromatic rings. The van der Waals surface area contributed by atoms with Gasteiger partial charge in [-0.3, -0.25) is 0 Å². The van der Waals surface area contributed by atoms with Crippen molar-refractivity contribution in [3.05, 3.63) is 29.3 Å². The maximum Gasteiger partial charge on any atom is 0.122 e. The fourth-order valence-electron chi connectivity index (χ4n) is 2.10. The Morgan fingerprint density at radius 1 is 1.47 bits per heavy atom. The summed E-state index contributed by atoms with van der Waals surface area (Å²) in [6, 6.07) is 6.60. The summed E-state index contributed by atoms with van der Waals surface area (Å²) in [6.45, 7) is 4.21. The zero-order valence-electron chi connectivity index (χ0n) is 10.4. The van der Waals surface area contributed by atoms with Crippen molar-refractivity contribution < 1.29 is 9.47 Å². The molecule has 1 aliphatic heterocycles. The number of fused-ring (bicyclic) bond motifs is 1. The van der Waals surface area contributed by atoms with Crippen molar-refractivity contribution in [3.8, 4) is 5.75 Å². The van der Waals surface area contributed by atoms with Crippen LogP contribution < -0.4 is 10.5 Å². The number of hydrogen-bond acceptors (Lipinski definition) is 3. The van der Waals surface area contributed by atoms with Gasteiger partial charge in [0.15, 0.2) is 0 Å². The van der Waals surface area contributed by atoms with E-state index in [9.17, 15) is 0 Å². The van der Waals surface area contributed by atoms with Crippen molar-refractivity contribution in [1.29, 1.82) is 0 Å². The standard InChI is InChI=1S/C14H21NO2/c1-2-16-10-13(15)5-3-11-4-6-14-12(9-11)7-8-17-14/h4,6,9,13H,2-3,5,7-8,10,15H2,1H3. The fraction of sp³-hybridized carbons (Fsp3) is 0.571. The van der Waals surface area contributed by atoms with Crippen LogP contribution in [0, 0.1) is 0 Å². The van der Waals surface area contributed by atoms with Crippen molar-refractivity contribution in [2.24, 2.45) is 5.73 Å². The monoisotopic (exact) mass is 235 g/mol. The van der Waals surface area contributed by atoms with E-state index >= 15 is 0 Å². The van der Waals surface area contributed by atoms with Gasteiger partial charge in [0.1, 0.15) is 5.75 Å². The van der Waals surface area contributed by atoms with Crippen LogP contribution >= 0.6 is 0 Å². The Labute approximate surface area is 103 Å². The summed E-state index contributed by atoms with van der Waals surface area (Å²) in [7, 11) is 0. The molecule has 0 aromatic heterocycles. The maximum atomic E-state index is 5.97. The second-order valence-corrected chi connectivity index (χ2v) is 4.50. The molecule has 1 unspecified atom stereocenters. The zero-order chi connectivity index (χ0) is 12.1. The Morgan fingerprint density at radius 3 is 3.18 bits per heavy atom. The van der Waals surface area contributed by atoms with Gasteiger partial charge in [0.05, 0.1) is 13.2 Å². The lowest BCUT2D eigenvalue weighted by molar-refractivity contribution is 0.131. The van der Waals surface area contributed by atoms with Crippen LogP contribution in [0.5, 0.6) is 5.75 Å². The average Bonchev–Trinajstić information content (AvgIpc) is 2.81. The number of rotatable bonds is 6. The van der Waals surface area contributed by atoms with Gasteiger partial charge < -0.3 is 15.2 Å². The third-order valence-electron chi connectivity index (χ3n) is 3.09. The van der Waals surface area contributed by atoms with Gasteiger partial charge in [-0.2, -0.15) is 0 Å². The molecule has 0 amide bonds. The zero-order valence-corrected chi connectivity index (χ0v) is 10.4. The molecule has 0 bridgehead atoms. The first-order valence-electron chi connectivity index (χ1n) is 6.37. The molecule has 2 N–H and O–H groups in total. The Morgan fingerprint density at radius 2 is 2.35 bits per heavy atom. The molecular weight excluding hydrogens is 214 g/mol. The van der Waals surface area contributed by atoms with Crippen molar-refractivity contribution >= 4 is 0 Å². The van der Waals surface area contributed by atoms with Crippen LogP contribution in [0.1, 0.15) is 24.5 Å². The Hall–Kier alpha value is -1.06. The van der Waals surface area contributed by atoms with Gasteiger partial charge in [0, 0.05) is 19.1 Å². The summed E-state index contributed by atoms with van der Waals surface area (Å²) in [6.07, 6.45) is 3.02. The number of ether oxygens (including phenoxy) is 2. The largest absolute Gasteiger partial charge is 0.493 e. The summed E-state index contributed by atoms with van der Waals surface area (Å²) < 4.78 is 10.8. The Kier molecular flexibility index (Phi) is 4.40. The summed E-state index contributed by atoms with van der Waals surface area (Å²) in [5.74, 6) is 1.05. The molecular formula is C14H21NO2. The summed E-state index contributed by atoms with van der Waals surface area (Å²) >= 11 is 0. The second-order valence-electron chi connectivity index (χ2n) is 4.50. The van der Waals surface area contributed by atoms with Crippen LogP contribution in [-0.2, 0) is 17.6 Å². The molecule has 94 valence electrons. The van der Waals surface area contributed by atoms with Gasteiger partial charge in [0.25, 0.3) is 0 Å². The van der Waals surface area contributed by atoms with Crippen LogP contribution in [-0.4, -0.2) is 25.9 Å². The SMILES string of the molecule is CCOCC(N)CCc1ccc2c(c1)CCO2. The lowest BCUT2D eigenvalue weighted by Crippen LogP contribution is -2.26. The van der Waals surface area contributed by atoms with E-state index in [4.69, 9.17) is 15.2 Å². The van der Waals surface area contributed by atoms with Crippen LogP contribution in [0.3, 0.4) is 0 Å². The third-order valence-corrected chi connectivity index (χ3v) is 3.09. The smallest absolute Gasteiger partial charge is 0.122 e. The molecule has 0 saturated carbocycles. The van der Waals surface area contributed by atoms with Crippen LogP contribution in [0.25, 0.3) is 0 Å². The second kappa shape index (κ2) is 6.03. The molecule has 17 heavy (non-hydrogen) atoms. The van der Waals surface area contributed by atoms with E-state index in [1.165, 1.54) is 11.1 Å². The highest BCUT2D eigenvalue weighted by Gasteiger charge is 2.12. The normalized spacial score (nSPS) is 15.4. The first kappa shape index (κ1) is 12.4. The van der Waals surface area contributed by atoms with E-state index in [2.05, 4.69) is 18.2 Å². The average molecular weight is 235 g/mol. The number of benzene rings is 1. The number of aryl methyl sites for hydroxylation is 1. The van der Waals surface area contributed by atoms with Crippen molar-refractivity contribution in [2.45, 2.75) is 32.2 Å². The minimum Gasteiger partial charge on any atom is -0.493 e. The van der Waals surface area contributed by atoms with E-state index in [0.29, 0.717) is 6.61 Å². The van der Waals surface area contributed by atoms with Gasteiger partial charge in [-0.05, 0) is 37.0 Å². The molecule has 0 fully saturated rings. The van der Waals surface area contributed by atoms with Gasteiger partial charge in [0.2, 0.25) is 0 Å². The van der Waals surface area contributed by atoms with E-state index in [1.807, 2.05) is 6.92 Å². The maximum absolute atomic E-state index is 5.97. The molecule has 0 radical (unpaired) electrons. The van der Waals surface area contributed by atoms with Crippen LogP contribution in [0.4, 0.5) is 0 Å². The highest BCUT2D eigenvalue weighted by molar-refractivity contribution is 5.39. The fourth-order valence-corrected chi connectivity index (χ4v) is 2.10. The van der Waals surface area contributed by atoms with Gasteiger partial charge >= 0.3 is 0 Å². The van der Waals surface area contributed by atoms with E-state index in [0.717, 1.165) is 38.2 Å². The van der Waals surface area contributed by atoms with Gasteiger partial charge in [-0.15, -0.1) is 0 Å².